The normalized spacial score (nSPS) is 23.1. The molecule has 1 aliphatic heterocycles. The molecule has 0 saturated carbocycles. The van der Waals surface area contributed by atoms with E-state index in [0.29, 0.717) is 12.8 Å². The second kappa shape index (κ2) is 6.05. The van der Waals surface area contributed by atoms with Crippen molar-refractivity contribution in [1.82, 2.24) is 4.31 Å². The predicted molar refractivity (Wildman–Crippen MR) is 78.7 cm³/mol. The maximum absolute atomic E-state index is 12.7. The minimum atomic E-state index is -3.87. The second-order valence-electron chi connectivity index (χ2n) is 5.34. The largest absolute Gasteiger partial charge is 0.481 e. The van der Waals surface area contributed by atoms with Crippen molar-refractivity contribution in [2.24, 2.45) is 11.7 Å². The number of carbonyl (C=O) groups is 2. The first-order valence-corrected chi connectivity index (χ1v) is 8.33. The Morgan fingerprint density at radius 1 is 1.36 bits per heavy atom. The van der Waals surface area contributed by atoms with Gasteiger partial charge >= 0.3 is 5.97 Å². The van der Waals surface area contributed by atoms with Gasteiger partial charge in [-0.15, -0.1) is 0 Å². The van der Waals surface area contributed by atoms with Crippen molar-refractivity contribution >= 4 is 21.9 Å². The number of nitrogens with two attached hydrogens (primary N) is 1. The first-order valence-electron chi connectivity index (χ1n) is 6.89. The number of carbonyl (C=O) groups excluding carboxylic acids is 1. The van der Waals surface area contributed by atoms with E-state index in [-0.39, 0.29) is 17.0 Å². The molecular formula is C14H18N2O5S. The third-order valence-corrected chi connectivity index (χ3v) is 5.95. The molecule has 0 aromatic heterocycles. The third kappa shape index (κ3) is 2.97. The molecular weight excluding hydrogens is 308 g/mol. The molecule has 0 unspecified atom stereocenters. The van der Waals surface area contributed by atoms with Crippen LogP contribution in [0.4, 0.5) is 0 Å². The summed E-state index contributed by atoms with van der Waals surface area (Å²) in [6.07, 6.45) is 0.930. The number of hydrogen-bond donors (Lipinski definition) is 2. The highest BCUT2D eigenvalue weighted by Crippen LogP contribution is 2.29. The number of nitrogens with zero attached hydrogens (tertiary/aromatic N) is 1. The Kier molecular flexibility index (Phi) is 4.52. The van der Waals surface area contributed by atoms with Crippen LogP contribution in [0.5, 0.6) is 0 Å². The number of sulfonamides is 1. The van der Waals surface area contributed by atoms with Crippen LogP contribution in [0, 0.1) is 5.92 Å². The lowest BCUT2D eigenvalue weighted by molar-refractivity contribution is -0.144. The number of primary amides is 1. The summed E-state index contributed by atoms with van der Waals surface area (Å²) >= 11 is 0. The lowest BCUT2D eigenvalue weighted by atomic mass is 9.92. The molecule has 1 aliphatic rings. The maximum atomic E-state index is 12.7. The highest BCUT2D eigenvalue weighted by Gasteiger charge is 2.39. The number of hydrogen-bond acceptors (Lipinski definition) is 4. The number of carboxylic acids is 1. The average molecular weight is 326 g/mol. The summed E-state index contributed by atoms with van der Waals surface area (Å²) < 4.78 is 26.6. The number of carboxylic acid groups (broad SMARTS) is 1. The molecule has 3 N–H and O–H groups in total. The van der Waals surface area contributed by atoms with E-state index in [9.17, 15) is 23.1 Å². The van der Waals surface area contributed by atoms with Crippen molar-refractivity contribution in [3.63, 3.8) is 0 Å². The average Bonchev–Trinajstić information content (AvgIpc) is 2.47. The van der Waals surface area contributed by atoms with E-state index in [1.54, 1.807) is 6.92 Å². The Balaban J connectivity index is 2.39. The molecule has 1 fully saturated rings. The molecule has 2 rings (SSSR count). The standard InChI is InChI=1S/C14H18N2O5S/c1-9-12(14(18)19)6-3-7-16(9)22(20,21)11-5-2-4-10(8-11)13(15)17/h2,4-5,8-9,12H,3,6-7H2,1H3,(H2,15,17)(H,18,19)/t9-,12-/m1/s1. The number of piperidine rings is 1. The van der Waals surface area contributed by atoms with Crippen molar-refractivity contribution in [3.05, 3.63) is 29.8 Å². The van der Waals surface area contributed by atoms with Gasteiger partial charge in [0.1, 0.15) is 0 Å². The first-order chi connectivity index (χ1) is 10.2. The maximum Gasteiger partial charge on any atom is 0.308 e. The Hall–Kier alpha value is -1.93. The van der Waals surface area contributed by atoms with E-state index in [0.717, 1.165) is 0 Å². The molecule has 1 aromatic carbocycles. The van der Waals surface area contributed by atoms with Gasteiger partial charge < -0.3 is 10.8 Å². The van der Waals surface area contributed by atoms with Crippen molar-refractivity contribution < 1.29 is 23.1 Å². The predicted octanol–water partition coefficient (Wildman–Crippen LogP) is 0.659. The highest BCUT2D eigenvalue weighted by atomic mass is 32.2. The summed E-state index contributed by atoms with van der Waals surface area (Å²) in [4.78, 5) is 22.4. The van der Waals surface area contributed by atoms with Crippen LogP contribution in [0.3, 0.4) is 0 Å². The Morgan fingerprint density at radius 2 is 2.05 bits per heavy atom. The fourth-order valence-electron chi connectivity index (χ4n) is 2.73. The molecule has 1 amide bonds. The molecule has 8 heteroatoms. The fourth-order valence-corrected chi connectivity index (χ4v) is 4.48. The van der Waals surface area contributed by atoms with Crippen molar-refractivity contribution in [2.75, 3.05) is 6.54 Å². The van der Waals surface area contributed by atoms with Gasteiger partial charge in [-0.25, -0.2) is 8.42 Å². The monoisotopic (exact) mass is 326 g/mol. The van der Waals surface area contributed by atoms with Crippen molar-refractivity contribution in [1.29, 1.82) is 0 Å². The summed E-state index contributed by atoms with van der Waals surface area (Å²) in [6, 6.07) is 4.82. The SMILES string of the molecule is C[C@@H]1[C@H](C(=O)O)CCCN1S(=O)(=O)c1cccc(C(N)=O)c1. The number of aliphatic carboxylic acids is 1. The molecule has 7 nitrogen and oxygen atoms in total. The summed E-state index contributed by atoms with van der Waals surface area (Å²) in [5.41, 5.74) is 5.27. The van der Waals surface area contributed by atoms with E-state index >= 15 is 0 Å². The molecule has 120 valence electrons. The molecule has 1 heterocycles. The van der Waals surface area contributed by atoms with Crippen LogP contribution in [-0.2, 0) is 14.8 Å². The van der Waals surface area contributed by atoms with Crippen LogP contribution < -0.4 is 5.73 Å². The van der Waals surface area contributed by atoms with Gasteiger partial charge in [-0.2, -0.15) is 4.31 Å². The Labute approximate surface area is 128 Å². The van der Waals surface area contributed by atoms with E-state index in [4.69, 9.17) is 5.73 Å². The van der Waals surface area contributed by atoms with Gasteiger partial charge in [-0.3, -0.25) is 9.59 Å². The summed E-state index contributed by atoms with van der Waals surface area (Å²) in [6.45, 7) is 1.85. The molecule has 0 aliphatic carbocycles. The van der Waals surface area contributed by atoms with Gasteiger partial charge in [0.15, 0.2) is 0 Å². The second-order valence-corrected chi connectivity index (χ2v) is 7.23. The zero-order valence-corrected chi connectivity index (χ0v) is 12.9. The zero-order chi connectivity index (χ0) is 16.5. The van der Waals surface area contributed by atoms with Crippen LogP contribution in [0.1, 0.15) is 30.1 Å². The summed E-state index contributed by atoms with van der Waals surface area (Å²) in [5.74, 6) is -2.45. The van der Waals surface area contributed by atoms with Gasteiger partial charge in [0.2, 0.25) is 15.9 Å². The molecule has 1 saturated heterocycles. The molecule has 1 aromatic rings. The number of amides is 1. The first kappa shape index (κ1) is 16.4. The number of benzene rings is 1. The minimum absolute atomic E-state index is 0.0540. The van der Waals surface area contributed by atoms with Crippen molar-refractivity contribution in [2.45, 2.75) is 30.7 Å². The Bertz CT molecular complexity index is 701. The third-order valence-electron chi connectivity index (χ3n) is 3.97. The lowest BCUT2D eigenvalue weighted by Crippen LogP contribution is -2.49. The molecule has 2 atom stereocenters. The van der Waals surface area contributed by atoms with Crippen LogP contribution >= 0.6 is 0 Å². The quantitative estimate of drug-likeness (QED) is 0.842. The van der Waals surface area contributed by atoms with E-state index in [2.05, 4.69) is 0 Å². The van der Waals surface area contributed by atoms with Gasteiger partial charge in [-0.05, 0) is 38.0 Å². The van der Waals surface area contributed by atoms with Gasteiger partial charge in [-0.1, -0.05) is 6.07 Å². The van der Waals surface area contributed by atoms with Gasteiger partial charge in [0.25, 0.3) is 0 Å². The van der Waals surface area contributed by atoms with Crippen LogP contribution in [0.2, 0.25) is 0 Å². The summed E-state index contributed by atoms with van der Waals surface area (Å²) in [7, 11) is -3.87. The topological polar surface area (TPSA) is 118 Å². The fraction of sp³-hybridized carbons (Fsp3) is 0.429. The van der Waals surface area contributed by atoms with Gasteiger partial charge in [0, 0.05) is 18.2 Å². The molecule has 0 spiro atoms. The van der Waals surface area contributed by atoms with Crippen LogP contribution in [0.25, 0.3) is 0 Å². The van der Waals surface area contributed by atoms with E-state index in [1.165, 1.54) is 28.6 Å². The van der Waals surface area contributed by atoms with E-state index < -0.39 is 33.9 Å². The number of rotatable bonds is 4. The molecule has 0 bridgehead atoms. The zero-order valence-electron chi connectivity index (χ0n) is 12.1. The lowest BCUT2D eigenvalue weighted by Gasteiger charge is -2.36. The van der Waals surface area contributed by atoms with Gasteiger partial charge in [0.05, 0.1) is 10.8 Å². The molecule has 0 radical (unpaired) electrons. The van der Waals surface area contributed by atoms with Crippen LogP contribution in [-0.4, -0.2) is 42.3 Å². The minimum Gasteiger partial charge on any atom is -0.481 e. The van der Waals surface area contributed by atoms with E-state index in [1.807, 2.05) is 0 Å². The highest BCUT2D eigenvalue weighted by molar-refractivity contribution is 7.89. The van der Waals surface area contributed by atoms with Crippen LogP contribution in [0.15, 0.2) is 29.2 Å². The van der Waals surface area contributed by atoms with Crippen molar-refractivity contribution in [3.8, 4) is 0 Å². The summed E-state index contributed by atoms with van der Waals surface area (Å²) in [5, 5.41) is 9.20. The molecule has 22 heavy (non-hydrogen) atoms. The Morgan fingerprint density at radius 3 is 2.64 bits per heavy atom. The smallest absolute Gasteiger partial charge is 0.308 e.